The molecule has 3 rings (SSSR count). The number of hydrogen-bond acceptors (Lipinski definition) is 5. The Morgan fingerprint density at radius 1 is 1.35 bits per heavy atom. The van der Waals surface area contributed by atoms with Crippen LogP contribution in [0.3, 0.4) is 0 Å². The molecule has 1 aromatic carbocycles. The van der Waals surface area contributed by atoms with Crippen molar-refractivity contribution in [3.8, 4) is 11.8 Å². The molecule has 0 saturated heterocycles. The Hall–Kier alpha value is -2.75. The molecule has 1 saturated carbocycles. The lowest BCUT2D eigenvalue weighted by Crippen LogP contribution is -2.40. The first kappa shape index (κ1) is 15.2. The van der Waals surface area contributed by atoms with Gasteiger partial charge < -0.3 is 5.32 Å². The lowest BCUT2D eigenvalue weighted by atomic mass is 9.87. The number of amides is 1. The minimum absolute atomic E-state index is 0.229. The Bertz CT molecular complexity index is 727. The first-order valence-corrected chi connectivity index (χ1v) is 7.72. The summed E-state index contributed by atoms with van der Waals surface area (Å²) < 4.78 is 1.60. The molecule has 0 spiro atoms. The number of tetrazole rings is 1. The summed E-state index contributed by atoms with van der Waals surface area (Å²) in [6, 6.07) is 11.3. The van der Waals surface area contributed by atoms with Crippen molar-refractivity contribution in [3.63, 3.8) is 0 Å². The van der Waals surface area contributed by atoms with E-state index in [1.54, 1.807) is 4.68 Å². The number of para-hydroxylation sites is 1. The van der Waals surface area contributed by atoms with E-state index in [4.69, 9.17) is 0 Å². The zero-order valence-electron chi connectivity index (χ0n) is 12.9. The predicted octanol–water partition coefficient (Wildman–Crippen LogP) is 1.92. The largest absolute Gasteiger partial charge is 0.345 e. The Labute approximate surface area is 134 Å². The van der Waals surface area contributed by atoms with E-state index in [2.05, 4.69) is 26.9 Å². The van der Waals surface area contributed by atoms with Crippen LogP contribution in [-0.4, -0.2) is 26.1 Å². The van der Waals surface area contributed by atoms with Gasteiger partial charge in [-0.15, -0.1) is 5.10 Å². The minimum atomic E-state index is -0.903. The van der Waals surface area contributed by atoms with E-state index < -0.39 is 5.41 Å². The molecule has 1 unspecified atom stereocenters. The molecule has 1 aromatic heterocycles. The Morgan fingerprint density at radius 3 is 2.70 bits per heavy atom. The second-order valence-corrected chi connectivity index (χ2v) is 5.88. The fourth-order valence-electron chi connectivity index (χ4n) is 2.98. The van der Waals surface area contributed by atoms with Crippen LogP contribution >= 0.6 is 0 Å². The van der Waals surface area contributed by atoms with Crippen LogP contribution in [0, 0.1) is 16.7 Å². The number of nitrogens with one attached hydrogen (secondary N) is 1. The lowest BCUT2D eigenvalue weighted by molar-refractivity contribution is -0.128. The standard InChI is InChI=1S/C16H18N6O/c1-12(18-15(23)16(11-17)9-5-6-10-16)14-19-20-21-22(14)13-7-3-2-4-8-13/h2-4,7-8,12H,5-6,9-10H2,1H3,(H,18,23). The highest BCUT2D eigenvalue weighted by atomic mass is 16.2. The first-order chi connectivity index (χ1) is 11.2. The van der Waals surface area contributed by atoms with Gasteiger partial charge in [0.2, 0.25) is 5.91 Å². The van der Waals surface area contributed by atoms with Gasteiger partial charge in [0.25, 0.3) is 0 Å². The smallest absolute Gasteiger partial charge is 0.241 e. The van der Waals surface area contributed by atoms with Crippen LogP contribution in [0.15, 0.2) is 30.3 Å². The molecule has 1 amide bonds. The summed E-state index contributed by atoms with van der Waals surface area (Å²) in [6.07, 6.45) is 3.06. The van der Waals surface area contributed by atoms with E-state index in [1.165, 1.54) is 0 Å². The van der Waals surface area contributed by atoms with Gasteiger partial charge in [-0.3, -0.25) is 4.79 Å². The quantitative estimate of drug-likeness (QED) is 0.930. The minimum Gasteiger partial charge on any atom is -0.345 e. The molecular weight excluding hydrogens is 292 g/mol. The zero-order chi connectivity index (χ0) is 16.3. The van der Waals surface area contributed by atoms with Crippen LogP contribution in [0.1, 0.15) is 44.5 Å². The molecule has 0 aliphatic heterocycles. The van der Waals surface area contributed by atoms with Crippen LogP contribution in [0.5, 0.6) is 0 Å². The van der Waals surface area contributed by atoms with Crippen molar-refractivity contribution in [2.45, 2.75) is 38.6 Å². The predicted molar refractivity (Wildman–Crippen MR) is 82.2 cm³/mol. The number of nitriles is 1. The summed E-state index contributed by atoms with van der Waals surface area (Å²) in [6.45, 7) is 1.82. The van der Waals surface area contributed by atoms with Crippen LogP contribution in [-0.2, 0) is 4.79 Å². The van der Waals surface area contributed by atoms with Crippen molar-refractivity contribution in [1.29, 1.82) is 5.26 Å². The highest BCUT2D eigenvalue weighted by Gasteiger charge is 2.42. The molecule has 1 N–H and O–H groups in total. The molecule has 1 aliphatic rings. The summed E-state index contributed by atoms with van der Waals surface area (Å²) in [5, 5.41) is 24.0. The van der Waals surface area contributed by atoms with Crippen molar-refractivity contribution >= 4 is 5.91 Å². The van der Waals surface area contributed by atoms with Gasteiger partial charge >= 0.3 is 0 Å². The van der Waals surface area contributed by atoms with Crippen molar-refractivity contribution in [3.05, 3.63) is 36.2 Å². The Morgan fingerprint density at radius 2 is 2.04 bits per heavy atom. The number of hydrogen-bond donors (Lipinski definition) is 1. The van der Waals surface area contributed by atoms with Crippen molar-refractivity contribution < 1.29 is 4.79 Å². The number of carbonyl (C=O) groups excluding carboxylic acids is 1. The van der Waals surface area contributed by atoms with Gasteiger partial charge in [0.1, 0.15) is 5.41 Å². The van der Waals surface area contributed by atoms with E-state index >= 15 is 0 Å². The molecule has 1 aliphatic carbocycles. The van der Waals surface area contributed by atoms with Crippen molar-refractivity contribution in [2.75, 3.05) is 0 Å². The maximum Gasteiger partial charge on any atom is 0.241 e. The second-order valence-electron chi connectivity index (χ2n) is 5.88. The Kier molecular flexibility index (Phi) is 4.06. The van der Waals surface area contributed by atoms with E-state index in [9.17, 15) is 10.1 Å². The summed E-state index contributed by atoms with van der Waals surface area (Å²) >= 11 is 0. The Balaban J connectivity index is 1.80. The molecule has 0 bridgehead atoms. The van der Waals surface area contributed by atoms with Crippen LogP contribution in [0.2, 0.25) is 0 Å². The van der Waals surface area contributed by atoms with Gasteiger partial charge in [-0.1, -0.05) is 31.0 Å². The van der Waals surface area contributed by atoms with E-state index in [1.807, 2.05) is 37.3 Å². The summed E-state index contributed by atoms with van der Waals surface area (Å²) in [7, 11) is 0. The van der Waals surface area contributed by atoms with Gasteiger partial charge in [-0.25, -0.2) is 0 Å². The third-order valence-corrected chi connectivity index (χ3v) is 4.34. The number of rotatable bonds is 4. The van der Waals surface area contributed by atoms with Gasteiger partial charge in [0, 0.05) is 0 Å². The number of carbonyl (C=O) groups is 1. The molecule has 23 heavy (non-hydrogen) atoms. The van der Waals surface area contributed by atoms with Gasteiger partial charge in [-0.05, 0) is 42.3 Å². The first-order valence-electron chi connectivity index (χ1n) is 7.72. The topological polar surface area (TPSA) is 96.5 Å². The maximum absolute atomic E-state index is 12.5. The molecule has 1 fully saturated rings. The van der Waals surface area contributed by atoms with E-state index in [0.717, 1.165) is 18.5 Å². The van der Waals surface area contributed by atoms with Crippen LogP contribution < -0.4 is 5.32 Å². The fourth-order valence-corrected chi connectivity index (χ4v) is 2.98. The van der Waals surface area contributed by atoms with E-state index in [0.29, 0.717) is 18.7 Å². The molecular formula is C16H18N6O. The highest BCUT2D eigenvalue weighted by molar-refractivity contribution is 5.86. The fraction of sp³-hybridized carbons (Fsp3) is 0.438. The van der Waals surface area contributed by atoms with Gasteiger partial charge in [0.05, 0.1) is 17.8 Å². The number of benzene rings is 1. The second kappa shape index (κ2) is 6.16. The molecule has 2 aromatic rings. The van der Waals surface area contributed by atoms with Crippen molar-refractivity contribution in [1.82, 2.24) is 25.5 Å². The molecule has 1 atom stereocenters. The normalized spacial score (nSPS) is 17.4. The van der Waals surface area contributed by atoms with Crippen LogP contribution in [0.25, 0.3) is 5.69 Å². The average molecular weight is 310 g/mol. The molecule has 1 heterocycles. The number of aromatic nitrogens is 4. The third-order valence-electron chi connectivity index (χ3n) is 4.34. The highest BCUT2D eigenvalue weighted by Crippen LogP contribution is 2.38. The number of nitrogens with zero attached hydrogens (tertiary/aromatic N) is 5. The van der Waals surface area contributed by atoms with E-state index in [-0.39, 0.29) is 11.9 Å². The van der Waals surface area contributed by atoms with Crippen LogP contribution in [0.4, 0.5) is 0 Å². The summed E-state index contributed by atoms with van der Waals surface area (Å²) in [5.41, 5.74) is -0.0799. The molecule has 7 nitrogen and oxygen atoms in total. The zero-order valence-corrected chi connectivity index (χ0v) is 12.9. The maximum atomic E-state index is 12.5. The average Bonchev–Trinajstić information content (AvgIpc) is 3.25. The SMILES string of the molecule is CC(NC(=O)C1(C#N)CCCC1)c1nnnn1-c1ccccc1. The van der Waals surface area contributed by atoms with Gasteiger partial charge in [0.15, 0.2) is 5.82 Å². The summed E-state index contributed by atoms with van der Waals surface area (Å²) in [4.78, 5) is 12.5. The molecule has 0 radical (unpaired) electrons. The lowest BCUT2D eigenvalue weighted by Gasteiger charge is -2.22. The molecule has 7 heteroatoms. The van der Waals surface area contributed by atoms with Gasteiger partial charge in [-0.2, -0.15) is 9.94 Å². The van der Waals surface area contributed by atoms with Crippen molar-refractivity contribution in [2.24, 2.45) is 5.41 Å². The monoisotopic (exact) mass is 310 g/mol. The third kappa shape index (κ3) is 2.80. The summed E-state index contributed by atoms with van der Waals surface area (Å²) in [5.74, 6) is 0.309. The molecule has 118 valence electrons.